The van der Waals surface area contributed by atoms with Crippen molar-refractivity contribution in [1.29, 1.82) is 0 Å². The molecule has 2 atom stereocenters. The van der Waals surface area contributed by atoms with Crippen LogP contribution in [0.2, 0.25) is 0 Å². The van der Waals surface area contributed by atoms with Crippen molar-refractivity contribution in [2.45, 2.75) is 26.0 Å². The standard InChI is InChI=1S/C11H15F2NO/c1-6(2)11(15)10(14)7-4-3-5-8(12)9(7)13/h3-6,10-11,15H,14H2,1-2H3/t10-,11+/m1/s1. The fourth-order valence-corrected chi connectivity index (χ4v) is 1.38. The lowest BCUT2D eigenvalue weighted by molar-refractivity contribution is 0.0964. The van der Waals surface area contributed by atoms with Crippen LogP contribution in [0.5, 0.6) is 0 Å². The van der Waals surface area contributed by atoms with E-state index >= 15 is 0 Å². The topological polar surface area (TPSA) is 46.2 Å². The third-order valence-electron chi connectivity index (χ3n) is 2.39. The van der Waals surface area contributed by atoms with Crippen molar-refractivity contribution in [2.24, 2.45) is 11.7 Å². The fraction of sp³-hybridized carbons (Fsp3) is 0.455. The highest BCUT2D eigenvalue weighted by atomic mass is 19.2. The molecule has 0 heterocycles. The number of rotatable bonds is 3. The lowest BCUT2D eigenvalue weighted by atomic mass is 9.94. The van der Waals surface area contributed by atoms with Gasteiger partial charge in [-0.15, -0.1) is 0 Å². The number of aliphatic hydroxyl groups is 1. The van der Waals surface area contributed by atoms with E-state index in [1.165, 1.54) is 12.1 Å². The van der Waals surface area contributed by atoms with E-state index in [9.17, 15) is 13.9 Å². The van der Waals surface area contributed by atoms with Crippen LogP contribution in [0.15, 0.2) is 18.2 Å². The second-order valence-corrected chi connectivity index (χ2v) is 3.90. The number of hydrogen-bond acceptors (Lipinski definition) is 2. The third-order valence-corrected chi connectivity index (χ3v) is 2.39. The summed E-state index contributed by atoms with van der Waals surface area (Å²) >= 11 is 0. The van der Waals surface area contributed by atoms with Crippen molar-refractivity contribution in [2.75, 3.05) is 0 Å². The van der Waals surface area contributed by atoms with Gasteiger partial charge < -0.3 is 10.8 Å². The van der Waals surface area contributed by atoms with Gasteiger partial charge in [0.1, 0.15) is 0 Å². The summed E-state index contributed by atoms with van der Waals surface area (Å²) in [6, 6.07) is 2.88. The number of aliphatic hydroxyl groups excluding tert-OH is 1. The molecule has 0 fully saturated rings. The summed E-state index contributed by atoms with van der Waals surface area (Å²) in [5.41, 5.74) is 5.66. The molecule has 0 bridgehead atoms. The van der Waals surface area contributed by atoms with Crippen molar-refractivity contribution < 1.29 is 13.9 Å². The van der Waals surface area contributed by atoms with E-state index in [2.05, 4.69) is 0 Å². The molecular weight excluding hydrogens is 200 g/mol. The van der Waals surface area contributed by atoms with Crippen LogP contribution in [0, 0.1) is 17.6 Å². The normalized spacial score (nSPS) is 15.4. The Hall–Kier alpha value is -1.00. The zero-order valence-electron chi connectivity index (χ0n) is 8.74. The summed E-state index contributed by atoms with van der Waals surface area (Å²) in [4.78, 5) is 0. The van der Waals surface area contributed by atoms with Gasteiger partial charge in [0.25, 0.3) is 0 Å². The molecule has 1 aromatic rings. The minimum atomic E-state index is -0.982. The van der Waals surface area contributed by atoms with Crippen LogP contribution in [0.25, 0.3) is 0 Å². The lowest BCUT2D eigenvalue weighted by Gasteiger charge is -2.22. The van der Waals surface area contributed by atoms with Gasteiger partial charge in [0, 0.05) is 5.56 Å². The molecule has 0 radical (unpaired) electrons. The molecule has 0 amide bonds. The van der Waals surface area contributed by atoms with Gasteiger partial charge in [0.15, 0.2) is 11.6 Å². The fourth-order valence-electron chi connectivity index (χ4n) is 1.38. The van der Waals surface area contributed by atoms with E-state index in [4.69, 9.17) is 5.73 Å². The van der Waals surface area contributed by atoms with Crippen molar-refractivity contribution in [3.8, 4) is 0 Å². The lowest BCUT2D eigenvalue weighted by Crippen LogP contribution is -2.31. The monoisotopic (exact) mass is 215 g/mol. The van der Waals surface area contributed by atoms with Crippen LogP contribution in [0.4, 0.5) is 8.78 Å². The number of hydrogen-bond donors (Lipinski definition) is 2. The Labute approximate surface area is 87.7 Å². The summed E-state index contributed by atoms with van der Waals surface area (Å²) in [6.45, 7) is 3.53. The average molecular weight is 215 g/mol. The zero-order chi connectivity index (χ0) is 11.6. The molecule has 84 valence electrons. The molecule has 1 aromatic carbocycles. The van der Waals surface area contributed by atoms with Crippen molar-refractivity contribution in [3.63, 3.8) is 0 Å². The average Bonchev–Trinajstić information content (AvgIpc) is 2.20. The van der Waals surface area contributed by atoms with E-state index < -0.39 is 23.8 Å². The number of benzene rings is 1. The molecule has 0 saturated carbocycles. The first kappa shape index (κ1) is 12.1. The molecule has 4 heteroatoms. The predicted molar refractivity (Wildman–Crippen MR) is 54.1 cm³/mol. The molecule has 0 saturated heterocycles. The Morgan fingerprint density at radius 1 is 1.27 bits per heavy atom. The van der Waals surface area contributed by atoms with Gasteiger partial charge in [-0.2, -0.15) is 0 Å². The van der Waals surface area contributed by atoms with E-state index in [0.717, 1.165) is 6.07 Å². The van der Waals surface area contributed by atoms with Crippen LogP contribution >= 0.6 is 0 Å². The highest BCUT2D eigenvalue weighted by molar-refractivity contribution is 5.23. The van der Waals surface area contributed by atoms with Crippen LogP contribution < -0.4 is 5.73 Å². The Morgan fingerprint density at radius 2 is 1.87 bits per heavy atom. The first-order valence-electron chi connectivity index (χ1n) is 4.82. The molecule has 2 nitrogen and oxygen atoms in total. The SMILES string of the molecule is CC(C)[C@H](O)[C@H](N)c1cccc(F)c1F. The summed E-state index contributed by atoms with van der Waals surface area (Å²) < 4.78 is 26.2. The van der Waals surface area contributed by atoms with Gasteiger partial charge >= 0.3 is 0 Å². The maximum atomic E-state index is 13.3. The van der Waals surface area contributed by atoms with Gasteiger partial charge in [-0.3, -0.25) is 0 Å². The maximum absolute atomic E-state index is 13.3. The molecule has 0 spiro atoms. The summed E-state index contributed by atoms with van der Waals surface area (Å²) in [7, 11) is 0. The number of nitrogens with two attached hydrogens (primary N) is 1. The molecular formula is C11H15F2NO. The third kappa shape index (κ3) is 2.52. The van der Waals surface area contributed by atoms with Crippen molar-refractivity contribution in [3.05, 3.63) is 35.4 Å². The molecule has 3 N–H and O–H groups in total. The van der Waals surface area contributed by atoms with Crippen LogP contribution in [0.3, 0.4) is 0 Å². The Balaban J connectivity index is 3.01. The quantitative estimate of drug-likeness (QED) is 0.809. The number of halogens is 2. The smallest absolute Gasteiger partial charge is 0.163 e. The molecule has 1 rings (SSSR count). The highest BCUT2D eigenvalue weighted by Gasteiger charge is 2.23. The molecule has 0 aliphatic rings. The van der Waals surface area contributed by atoms with Crippen LogP contribution in [0.1, 0.15) is 25.5 Å². The second-order valence-electron chi connectivity index (χ2n) is 3.90. The van der Waals surface area contributed by atoms with Gasteiger partial charge in [-0.1, -0.05) is 26.0 Å². The molecule has 0 unspecified atom stereocenters. The van der Waals surface area contributed by atoms with Crippen LogP contribution in [-0.4, -0.2) is 11.2 Å². The minimum Gasteiger partial charge on any atom is -0.391 e. The van der Waals surface area contributed by atoms with Gasteiger partial charge in [0.2, 0.25) is 0 Å². The molecule has 15 heavy (non-hydrogen) atoms. The summed E-state index contributed by atoms with van der Waals surface area (Å²) in [5, 5.41) is 9.65. The van der Waals surface area contributed by atoms with Gasteiger partial charge in [0.05, 0.1) is 12.1 Å². The molecule has 0 aliphatic carbocycles. The Kier molecular flexibility index (Phi) is 3.77. The molecule has 0 aliphatic heterocycles. The zero-order valence-corrected chi connectivity index (χ0v) is 8.74. The van der Waals surface area contributed by atoms with Crippen molar-refractivity contribution >= 4 is 0 Å². The first-order chi connectivity index (χ1) is 6.95. The summed E-state index contributed by atoms with van der Waals surface area (Å²) in [6.07, 6.45) is -0.888. The Morgan fingerprint density at radius 3 is 2.40 bits per heavy atom. The van der Waals surface area contributed by atoms with Gasteiger partial charge in [-0.05, 0) is 12.0 Å². The van der Waals surface area contributed by atoms with Crippen LogP contribution in [-0.2, 0) is 0 Å². The highest BCUT2D eigenvalue weighted by Crippen LogP contribution is 2.23. The Bertz CT molecular complexity index is 341. The van der Waals surface area contributed by atoms with E-state index in [-0.39, 0.29) is 11.5 Å². The van der Waals surface area contributed by atoms with Crippen molar-refractivity contribution in [1.82, 2.24) is 0 Å². The summed E-state index contributed by atoms with van der Waals surface area (Å²) in [5.74, 6) is -2.04. The largest absolute Gasteiger partial charge is 0.391 e. The van der Waals surface area contributed by atoms with E-state index in [1.54, 1.807) is 13.8 Å². The maximum Gasteiger partial charge on any atom is 0.163 e. The molecule has 0 aromatic heterocycles. The van der Waals surface area contributed by atoms with E-state index in [0.29, 0.717) is 0 Å². The minimum absolute atomic E-state index is 0.0104. The predicted octanol–water partition coefficient (Wildman–Crippen LogP) is 1.98. The second kappa shape index (κ2) is 4.68. The van der Waals surface area contributed by atoms with E-state index in [1.807, 2.05) is 0 Å². The van der Waals surface area contributed by atoms with Gasteiger partial charge in [-0.25, -0.2) is 8.78 Å². The first-order valence-corrected chi connectivity index (χ1v) is 4.82.